The van der Waals surface area contributed by atoms with Crippen LogP contribution in [0, 0.1) is 0 Å². The van der Waals surface area contributed by atoms with E-state index < -0.39 is 0 Å². The number of anilines is 1. The summed E-state index contributed by atoms with van der Waals surface area (Å²) in [6.07, 6.45) is 0. The third-order valence-electron chi connectivity index (χ3n) is 1.86. The van der Waals surface area contributed by atoms with Gasteiger partial charge in [-0.05, 0) is 34.7 Å². The summed E-state index contributed by atoms with van der Waals surface area (Å²) < 4.78 is 2.37. The van der Waals surface area contributed by atoms with Gasteiger partial charge >= 0.3 is 5.69 Å². The summed E-state index contributed by atoms with van der Waals surface area (Å²) in [5, 5.41) is 7.29. The molecule has 14 heavy (non-hydrogen) atoms. The van der Waals surface area contributed by atoms with Gasteiger partial charge in [0.2, 0.25) is 0 Å². The Kier molecular flexibility index (Phi) is 1.81. The first-order chi connectivity index (χ1) is 6.68. The smallest absolute Gasteiger partial charge is 0.368 e. The van der Waals surface area contributed by atoms with E-state index in [1.807, 2.05) is 0 Å². The molecule has 0 aliphatic rings. The zero-order valence-electron chi connectivity index (χ0n) is 7.58. The van der Waals surface area contributed by atoms with Crippen LogP contribution in [-0.4, -0.2) is 19.8 Å². The van der Waals surface area contributed by atoms with E-state index >= 15 is 0 Å². The number of hydrogen-bond acceptors (Lipinski definition) is 4. The number of hydrogen-bond donors (Lipinski definition) is 1. The molecule has 2 N–H and O–H groups in total. The third-order valence-corrected chi connectivity index (χ3v) is 1.86. The molecule has 0 aliphatic heterocycles. The number of tetrazole rings is 1. The van der Waals surface area contributed by atoms with Crippen LogP contribution in [-0.2, 0) is 7.05 Å². The molecule has 0 spiro atoms. The fraction of sp³-hybridized carbons (Fsp3) is 0.125. The van der Waals surface area contributed by atoms with Crippen LogP contribution in [0.2, 0.25) is 0 Å². The van der Waals surface area contributed by atoms with Crippen LogP contribution in [0.15, 0.2) is 29.1 Å². The molecule has 0 amide bonds. The van der Waals surface area contributed by atoms with Gasteiger partial charge in [-0.1, -0.05) is 0 Å². The molecular formula is C8H9N5O. The maximum atomic E-state index is 11.4. The zero-order chi connectivity index (χ0) is 10.1. The summed E-state index contributed by atoms with van der Waals surface area (Å²) in [5.74, 6) is 0. The van der Waals surface area contributed by atoms with Crippen molar-refractivity contribution in [1.82, 2.24) is 19.8 Å². The van der Waals surface area contributed by atoms with Crippen LogP contribution in [0.25, 0.3) is 5.69 Å². The van der Waals surface area contributed by atoms with Crippen molar-refractivity contribution >= 4 is 5.69 Å². The largest absolute Gasteiger partial charge is 0.399 e. The highest BCUT2D eigenvalue weighted by Crippen LogP contribution is 2.06. The van der Waals surface area contributed by atoms with Crippen LogP contribution in [0.1, 0.15) is 0 Å². The summed E-state index contributed by atoms with van der Waals surface area (Å²) >= 11 is 0. The molecule has 6 nitrogen and oxygen atoms in total. The second-order valence-electron chi connectivity index (χ2n) is 2.89. The minimum atomic E-state index is -0.283. The van der Waals surface area contributed by atoms with E-state index in [0.717, 1.165) is 4.68 Å². The predicted molar refractivity (Wildman–Crippen MR) is 51.0 cm³/mol. The average Bonchev–Trinajstić information content (AvgIpc) is 2.50. The number of nitrogens with zero attached hydrogens (tertiary/aromatic N) is 4. The Morgan fingerprint density at radius 2 is 1.86 bits per heavy atom. The molecule has 0 saturated carbocycles. The van der Waals surface area contributed by atoms with Crippen molar-refractivity contribution in [2.24, 2.45) is 7.05 Å². The summed E-state index contributed by atoms with van der Waals surface area (Å²) in [7, 11) is 1.54. The van der Waals surface area contributed by atoms with Crippen molar-refractivity contribution in [2.75, 3.05) is 5.73 Å². The highest BCUT2D eigenvalue weighted by atomic mass is 16.2. The van der Waals surface area contributed by atoms with Crippen molar-refractivity contribution in [3.05, 3.63) is 34.7 Å². The molecular weight excluding hydrogens is 182 g/mol. The second-order valence-corrected chi connectivity index (χ2v) is 2.89. The normalized spacial score (nSPS) is 10.4. The fourth-order valence-corrected chi connectivity index (χ4v) is 1.09. The summed E-state index contributed by atoms with van der Waals surface area (Å²) in [4.78, 5) is 11.4. The lowest BCUT2D eigenvalue weighted by atomic mass is 10.3. The van der Waals surface area contributed by atoms with Crippen molar-refractivity contribution in [3.63, 3.8) is 0 Å². The Labute approximate surface area is 79.5 Å². The highest BCUT2D eigenvalue weighted by Gasteiger charge is 2.04. The zero-order valence-corrected chi connectivity index (χ0v) is 7.58. The van der Waals surface area contributed by atoms with E-state index in [4.69, 9.17) is 5.73 Å². The van der Waals surface area contributed by atoms with Crippen molar-refractivity contribution in [2.45, 2.75) is 0 Å². The van der Waals surface area contributed by atoms with Gasteiger partial charge in [0, 0.05) is 12.7 Å². The predicted octanol–water partition coefficient (Wildman–Crippen LogP) is -0.452. The van der Waals surface area contributed by atoms with Gasteiger partial charge in [0.25, 0.3) is 0 Å². The fourth-order valence-electron chi connectivity index (χ4n) is 1.09. The van der Waals surface area contributed by atoms with E-state index in [1.165, 1.54) is 4.68 Å². The van der Waals surface area contributed by atoms with Gasteiger partial charge in [-0.2, -0.15) is 9.36 Å². The highest BCUT2D eigenvalue weighted by molar-refractivity contribution is 5.44. The van der Waals surface area contributed by atoms with Crippen LogP contribution < -0.4 is 11.4 Å². The SMILES string of the molecule is Cn1nnn(-c2ccc(N)cc2)c1=O. The molecule has 0 saturated heterocycles. The minimum absolute atomic E-state index is 0.283. The molecule has 1 aromatic heterocycles. The first-order valence-electron chi connectivity index (χ1n) is 4.03. The molecule has 0 radical (unpaired) electrons. The van der Waals surface area contributed by atoms with Gasteiger partial charge in [-0.25, -0.2) is 4.79 Å². The summed E-state index contributed by atoms with van der Waals surface area (Å²) in [5.41, 5.74) is 6.53. The molecule has 0 bridgehead atoms. The molecule has 0 atom stereocenters. The number of aryl methyl sites for hydroxylation is 1. The minimum Gasteiger partial charge on any atom is -0.399 e. The maximum absolute atomic E-state index is 11.4. The number of nitrogens with two attached hydrogens (primary N) is 1. The van der Waals surface area contributed by atoms with E-state index in [1.54, 1.807) is 31.3 Å². The molecule has 0 unspecified atom stereocenters. The molecule has 2 rings (SSSR count). The van der Waals surface area contributed by atoms with E-state index in [2.05, 4.69) is 10.4 Å². The van der Waals surface area contributed by atoms with Crippen molar-refractivity contribution in [3.8, 4) is 5.69 Å². The maximum Gasteiger partial charge on any atom is 0.368 e. The Morgan fingerprint density at radius 1 is 1.21 bits per heavy atom. The molecule has 0 aliphatic carbocycles. The van der Waals surface area contributed by atoms with Crippen LogP contribution in [0.5, 0.6) is 0 Å². The molecule has 1 heterocycles. The molecule has 6 heteroatoms. The molecule has 1 aromatic carbocycles. The van der Waals surface area contributed by atoms with E-state index in [-0.39, 0.29) is 5.69 Å². The lowest BCUT2D eigenvalue weighted by Gasteiger charge is -1.97. The van der Waals surface area contributed by atoms with Crippen LogP contribution >= 0.6 is 0 Å². The quantitative estimate of drug-likeness (QED) is 0.619. The molecule has 0 fully saturated rings. The number of rotatable bonds is 1. The lowest BCUT2D eigenvalue weighted by molar-refractivity contribution is 0.693. The van der Waals surface area contributed by atoms with Crippen molar-refractivity contribution < 1.29 is 0 Å². The topological polar surface area (TPSA) is 78.7 Å². The van der Waals surface area contributed by atoms with Gasteiger partial charge < -0.3 is 5.73 Å². The van der Waals surface area contributed by atoms with Gasteiger partial charge in [0.05, 0.1) is 5.69 Å². The Hall–Kier alpha value is -2.11. The molecule has 2 aromatic rings. The van der Waals surface area contributed by atoms with E-state index in [9.17, 15) is 4.79 Å². The molecule has 72 valence electrons. The van der Waals surface area contributed by atoms with Gasteiger partial charge in [-0.3, -0.25) is 0 Å². The summed E-state index contributed by atoms with van der Waals surface area (Å²) in [6, 6.07) is 6.84. The number of aromatic nitrogens is 4. The average molecular weight is 191 g/mol. The third kappa shape index (κ3) is 1.26. The Balaban J connectivity index is 2.55. The Bertz CT molecular complexity index is 495. The van der Waals surface area contributed by atoms with Gasteiger partial charge in [0.15, 0.2) is 0 Å². The lowest BCUT2D eigenvalue weighted by Crippen LogP contribution is -2.21. The van der Waals surface area contributed by atoms with Gasteiger partial charge in [0.1, 0.15) is 0 Å². The first kappa shape index (κ1) is 8.49. The van der Waals surface area contributed by atoms with Crippen molar-refractivity contribution in [1.29, 1.82) is 0 Å². The standard InChI is InChI=1S/C8H9N5O/c1-12-8(14)13(11-10-12)7-4-2-6(9)3-5-7/h2-5H,9H2,1H3. The number of benzene rings is 1. The monoisotopic (exact) mass is 191 g/mol. The van der Waals surface area contributed by atoms with E-state index in [0.29, 0.717) is 11.4 Å². The van der Waals surface area contributed by atoms with Gasteiger partial charge in [-0.15, -0.1) is 0 Å². The van der Waals surface area contributed by atoms with Crippen LogP contribution in [0.4, 0.5) is 5.69 Å². The Morgan fingerprint density at radius 3 is 2.36 bits per heavy atom. The first-order valence-corrected chi connectivity index (χ1v) is 4.03. The number of nitrogen functional groups attached to an aromatic ring is 1. The van der Waals surface area contributed by atoms with Crippen LogP contribution in [0.3, 0.4) is 0 Å². The second kappa shape index (κ2) is 2.99. The summed E-state index contributed by atoms with van der Waals surface area (Å²) in [6.45, 7) is 0.